The molecule has 7 rings (SSSR count). The van der Waals surface area contributed by atoms with Gasteiger partial charge in [0, 0.05) is 55.8 Å². The minimum absolute atomic E-state index is 0.197. The standard InChI is InChI=1S/C36H52N6O/c1-5-16-40-17-19-41(20-18-40)30-10-8-28(9-11-30)38-34-37-15-13-29(39-34)24-33(43)42(31-22-25-6-7-26(31)21-25)32-23-27-12-14-36(32,4)35(27,2)3/h8-11,13,15,25-27,31-32H,5-7,12,14,16-24H2,1-4H3,(H,37,38,39). The molecule has 2 aromatic rings. The molecular weight excluding hydrogens is 532 g/mol. The van der Waals surface area contributed by atoms with Crippen LogP contribution in [0, 0.1) is 28.6 Å². The van der Waals surface area contributed by atoms with Gasteiger partial charge in [0.1, 0.15) is 0 Å². The summed E-state index contributed by atoms with van der Waals surface area (Å²) in [4.78, 5) is 31.1. The molecule has 1 saturated heterocycles. The lowest BCUT2D eigenvalue weighted by atomic mass is 9.68. The first-order valence-electron chi connectivity index (χ1n) is 17.2. The molecule has 5 aliphatic rings. The van der Waals surface area contributed by atoms with Gasteiger partial charge in [0.25, 0.3) is 0 Å². The molecule has 4 aliphatic carbocycles. The van der Waals surface area contributed by atoms with Crippen molar-refractivity contribution in [3.8, 4) is 0 Å². The summed E-state index contributed by atoms with van der Waals surface area (Å²) in [5.41, 5.74) is 3.53. The van der Waals surface area contributed by atoms with Crippen molar-refractivity contribution in [3.05, 3.63) is 42.2 Å². The van der Waals surface area contributed by atoms with E-state index < -0.39 is 0 Å². The Labute approximate surface area is 258 Å². The van der Waals surface area contributed by atoms with Crippen molar-refractivity contribution >= 4 is 23.2 Å². The molecule has 6 unspecified atom stereocenters. The van der Waals surface area contributed by atoms with Gasteiger partial charge in [-0.15, -0.1) is 0 Å². The fourth-order valence-electron chi connectivity index (χ4n) is 9.96. The molecule has 7 nitrogen and oxygen atoms in total. The van der Waals surface area contributed by atoms with E-state index in [1.807, 2.05) is 6.07 Å². The fraction of sp³-hybridized carbons (Fsp3) is 0.694. The lowest BCUT2D eigenvalue weighted by Gasteiger charge is -2.48. The van der Waals surface area contributed by atoms with Gasteiger partial charge in [-0.1, -0.05) is 34.1 Å². The van der Waals surface area contributed by atoms with E-state index in [1.165, 1.54) is 63.6 Å². The van der Waals surface area contributed by atoms with Gasteiger partial charge in [0.05, 0.1) is 12.1 Å². The van der Waals surface area contributed by atoms with E-state index in [9.17, 15) is 4.79 Å². The highest BCUT2D eigenvalue weighted by molar-refractivity contribution is 5.79. The summed E-state index contributed by atoms with van der Waals surface area (Å²) in [5.74, 6) is 3.07. The Morgan fingerprint density at radius 3 is 2.42 bits per heavy atom. The SMILES string of the molecule is CCCN1CCN(c2ccc(Nc3nccc(CC(=O)N(C4CC5CCC4C5)C4CC5CCC4(C)C5(C)C)n3)cc2)CC1. The summed E-state index contributed by atoms with van der Waals surface area (Å²) in [6, 6.07) is 11.3. The first kappa shape index (κ1) is 29.1. The zero-order valence-corrected chi connectivity index (χ0v) is 26.9. The Bertz CT molecular complexity index is 1300. The van der Waals surface area contributed by atoms with Gasteiger partial charge in [-0.3, -0.25) is 9.69 Å². The van der Waals surface area contributed by atoms with E-state index in [0.717, 1.165) is 49.4 Å². The van der Waals surface area contributed by atoms with E-state index in [0.29, 0.717) is 35.8 Å². The second-order valence-corrected chi connectivity index (χ2v) is 15.2. The summed E-state index contributed by atoms with van der Waals surface area (Å²) in [5, 5.41) is 3.40. The quantitative estimate of drug-likeness (QED) is 0.362. The van der Waals surface area contributed by atoms with Gasteiger partial charge in [-0.2, -0.15) is 0 Å². The average molecular weight is 585 g/mol. The molecule has 7 heteroatoms. The van der Waals surface area contributed by atoms with Crippen molar-refractivity contribution in [3.63, 3.8) is 0 Å². The van der Waals surface area contributed by atoms with E-state index in [4.69, 9.17) is 4.98 Å². The topological polar surface area (TPSA) is 64.6 Å². The maximum Gasteiger partial charge on any atom is 0.229 e. The monoisotopic (exact) mass is 584 g/mol. The first-order valence-corrected chi connectivity index (χ1v) is 17.2. The van der Waals surface area contributed by atoms with Crippen molar-refractivity contribution in [2.24, 2.45) is 28.6 Å². The maximum absolute atomic E-state index is 14.3. The number of rotatable bonds is 9. The zero-order chi connectivity index (χ0) is 29.8. The summed E-state index contributed by atoms with van der Waals surface area (Å²) in [6.07, 6.45) is 12.3. The minimum Gasteiger partial charge on any atom is -0.369 e. The van der Waals surface area contributed by atoms with Crippen molar-refractivity contribution in [2.45, 2.75) is 97.6 Å². The van der Waals surface area contributed by atoms with Crippen molar-refractivity contribution in [1.29, 1.82) is 0 Å². The van der Waals surface area contributed by atoms with Crippen molar-refractivity contribution in [1.82, 2.24) is 19.8 Å². The largest absolute Gasteiger partial charge is 0.369 e. The smallest absolute Gasteiger partial charge is 0.229 e. The van der Waals surface area contributed by atoms with Crippen LogP contribution in [0.2, 0.25) is 0 Å². The highest BCUT2D eigenvalue weighted by atomic mass is 16.2. The molecule has 1 aromatic heterocycles. The molecule has 43 heavy (non-hydrogen) atoms. The molecule has 1 amide bonds. The zero-order valence-electron chi connectivity index (χ0n) is 26.9. The van der Waals surface area contributed by atoms with E-state index in [2.05, 4.69) is 77.0 Å². The predicted molar refractivity (Wildman–Crippen MR) is 174 cm³/mol. The van der Waals surface area contributed by atoms with Gasteiger partial charge in [0.15, 0.2) is 0 Å². The lowest BCUT2D eigenvalue weighted by Crippen LogP contribution is -2.55. The Hall–Kier alpha value is -2.67. The third-order valence-corrected chi connectivity index (χ3v) is 12.9. The highest BCUT2D eigenvalue weighted by Crippen LogP contribution is 2.67. The number of nitrogens with one attached hydrogen (secondary N) is 1. The summed E-state index contributed by atoms with van der Waals surface area (Å²) in [6.45, 7) is 15.3. The summed E-state index contributed by atoms with van der Waals surface area (Å²) in [7, 11) is 0. The number of carbonyl (C=O) groups is 1. The Morgan fingerprint density at radius 2 is 1.79 bits per heavy atom. The molecule has 1 aromatic carbocycles. The van der Waals surface area contributed by atoms with Crippen molar-refractivity contribution < 1.29 is 4.79 Å². The Kier molecular flexibility index (Phi) is 7.68. The number of aromatic nitrogens is 2. The van der Waals surface area contributed by atoms with Crippen LogP contribution in [-0.4, -0.2) is 70.5 Å². The van der Waals surface area contributed by atoms with Crippen LogP contribution in [0.25, 0.3) is 0 Å². The highest BCUT2D eigenvalue weighted by Gasteiger charge is 2.64. The molecule has 1 N–H and O–H groups in total. The number of amides is 1. The maximum atomic E-state index is 14.3. The second kappa shape index (κ2) is 11.4. The fourth-order valence-corrected chi connectivity index (χ4v) is 9.96. The third kappa shape index (κ3) is 5.23. The van der Waals surface area contributed by atoms with Gasteiger partial charge in [-0.05, 0) is 110 Å². The number of benzene rings is 1. The number of nitrogens with zero attached hydrogens (tertiary/aromatic N) is 5. The van der Waals surface area contributed by atoms with Gasteiger partial charge >= 0.3 is 0 Å². The molecule has 4 bridgehead atoms. The van der Waals surface area contributed by atoms with Gasteiger partial charge in [0.2, 0.25) is 11.9 Å². The number of hydrogen-bond donors (Lipinski definition) is 1. The van der Waals surface area contributed by atoms with Crippen molar-refractivity contribution in [2.75, 3.05) is 42.9 Å². The summed E-state index contributed by atoms with van der Waals surface area (Å²) < 4.78 is 0. The molecule has 6 atom stereocenters. The normalized spacial score (nSPS) is 32.8. The Morgan fingerprint density at radius 1 is 1.00 bits per heavy atom. The predicted octanol–water partition coefficient (Wildman–Crippen LogP) is 6.53. The number of piperazine rings is 1. The van der Waals surface area contributed by atoms with E-state index in [-0.39, 0.29) is 11.3 Å². The average Bonchev–Trinajstić information content (AvgIpc) is 3.72. The molecule has 232 valence electrons. The van der Waals surface area contributed by atoms with Crippen LogP contribution in [0.4, 0.5) is 17.3 Å². The number of fused-ring (bicyclic) bond motifs is 4. The second-order valence-electron chi connectivity index (χ2n) is 15.2. The van der Waals surface area contributed by atoms with E-state index in [1.54, 1.807) is 6.20 Å². The number of anilines is 3. The number of carbonyl (C=O) groups excluding carboxylic acids is 1. The third-order valence-electron chi connectivity index (χ3n) is 12.9. The van der Waals surface area contributed by atoms with Crippen LogP contribution >= 0.6 is 0 Å². The Balaban J connectivity index is 1.04. The molecule has 0 spiro atoms. The van der Waals surface area contributed by atoms with Crippen LogP contribution in [-0.2, 0) is 11.2 Å². The molecule has 4 saturated carbocycles. The van der Waals surface area contributed by atoms with Crippen LogP contribution in [0.1, 0.15) is 84.8 Å². The lowest BCUT2D eigenvalue weighted by molar-refractivity contribution is -0.141. The molecular formula is C36H52N6O. The minimum atomic E-state index is 0.197. The van der Waals surface area contributed by atoms with Gasteiger partial charge in [-0.25, -0.2) is 9.97 Å². The van der Waals surface area contributed by atoms with E-state index >= 15 is 0 Å². The van der Waals surface area contributed by atoms with Crippen LogP contribution in [0.3, 0.4) is 0 Å². The van der Waals surface area contributed by atoms with Crippen LogP contribution in [0.5, 0.6) is 0 Å². The van der Waals surface area contributed by atoms with Crippen LogP contribution < -0.4 is 10.2 Å². The molecule has 1 aliphatic heterocycles. The molecule has 5 fully saturated rings. The first-order chi connectivity index (χ1) is 20.7. The van der Waals surface area contributed by atoms with Crippen LogP contribution in [0.15, 0.2) is 36.5 Å². The number of hydrogen-bond acceptors (Lipinski definition) is 6. The van der Waals surface area contributed by atoms with Gasteiger partial charge < -0.3 is 15.1 Å². The molecule has 0 radical (unpaired) electrons. The molecule has 2 heterocycles. The summed E-state index contributed by atoms with van der Waals surface area (Å²) >= 11 is 0.